The maximum Gasteiger partial charge on any atom is 0.459 e. The topological polar surface area (TPSA) is 158 Å². The third kappa shape index (κ3) is 6.29. The van der Waals surface area contributed by atoms with Crippen LogP contribution in [0.25, 0.3) is 0 Å². The lowest BCUT2D eigenvalue weighted by atomic mass is 9.98. The molecule has 12 nitrogen and oxygen atoms in total. The van der Waals surface area contributed by atoms with Crippen molar-refractivity contribution in [2.75, 3.05) is 13.2 Å². The molecule has 2 heterocycles. The van der Waals surface area contributed by atoms with Gasteiger partial charge in [-0.25, -0.2) is 13.8 Å². The largest absolute Gasteiger partial charge is 0.459 e. The van der Waals surface area contributed by atoms with E-state index in [1.807, 2.05) is 4.98 Å². The summed E-state index contributed by atoms with van der Waals surface area (Å²) in [5.41, 5.74) is -4.15. The number of rotatable bonds is 10. The summed E-state index contributed by atoms with van der Waals surface area (Å²) in [5, 5.41) is 12.9. The molecule has 1 fully saturated rings. The summed E-state index contributed by atoms with van der Waals surface area (Å²) in [6.45, 7) is 1.36. The van der Waals surface area contributed by atoms with E-state index >= 15 is 4.39 Å². The van der Waals surface area contributed by atoms with Gasteiger partial charge < -0.3 is 19.1 Å². The first-order valence-corrected chi connectivity index (χ1v) is 12.2. The lowest BCUT2D eigenvalue weighted by molar-refractivity contribution is -0.143. The van der Waals surface area contributed by atoms with Crippen LogP contribution in [-0.2, 0) is 23.4 Å². The molecule has 3 rings (SSSR count). The second-order valence-electron chi connectivity index (χ2n) is 8.00. The molecule has 1 unspecified atom stereocenters. The highest BCUT2D eigenvalue weighted by atomic mass is 31.2. The summed E-state index contributed by atoms with van der Waals surface area (Å²) in [6.07, 6.45) is 1.21. The van der Waals surface area contributed by atoms with Crippen LogP contribution in [0, 0.1) is 12.3 Å². The number of hydrogen-bond acceptors (Lipinski definition) is 9. The first-order chi connectivity index (χ1) is 17.0. The number of carbonyl (C=O) groups is 1. The second kappa shape index (κ2) is 11.2. The van der Waals surface area contributed by atoms with Crippen molar-refractivity contribution in [3.8, 4) is 18.1 Å². The quantitative estimate of drug-likeness (QED) is 0.231. The van der Waals surface area contributed by atoms with Gasteiger partial charge in [0, 0.05) is 12.3 Å². The molecule has 1 aliphatic heterocycles. The van der Waals surface area contributed by atoms with Gasteiger partial charge in [-0.2, -0.15) is 5.09 Å². The van der Waals surface area contributed by atoms with E-state index in [4.69, 9.17) is 24.9 Å². The van der Waals surface area contributed by atoms with Crippen LogP contribution in [0.2, 0.25) is 0 Å². The van der Waals surface area contributed by atoms with E-state index in [9.17, 15) is 24.1 Å². The lowest BCUT2D eigenvalue weighted by Crippen LogP contribution is -2.43. The molecule has 14 heteroatoms. The van der Waals surface area contributed by atoms with Crippen LogP contribution in [0.5, 0.6) is 5.75 Å². The second-order valence-corrected chi connectivity index (χ2v) is 9.69. The molecule has 0 radical (unpaired) electrons. The monoisotopic (exact) mass is 525 g/mol. The molecule has 1 saturated heterocycles. The molecule has 2 aromatic rings. The van der Waals surface area contributed by atoms with Crippen molar-refractivity contribution >= 4 is 13.7 Å². The number of alkyl halides is 1. The number of aromatic amines is 1. The van der Waals surface area contributed by atoms with Crippen LogP contribution >= 0.6 is 7.75 Å². The normalized spacial score (nSPS) is 25.9. The van der Waals surface area contributed by atoms with Crippen LogP contribution in [0.1, 0.15) is 20.1 Å². The van der Waals surface area contributed by atoms with Crippen LogP contribution < -0.4 is 20.9 Å². The fourth-order valence-corrected chi connectivity index (χ4v) is 4.87. The Hall–Kier alpha value is -3.27. The Labute approximate surface area is 204 Å². The summed E-state index contributed by atoms with van der Waals surface area (Å²) in [6, 6.07) is 7.67. The summed E-state index contributed by atoms with van der Waals surface area (Å²) in [4.78, 5) is 37.5. The molecule has 6 atom stereocenters. The fourth-order valence-electron chi connectivity index (χ4n) is 3.37. The van der Waals surface area contributed by atoms with Gasteiger partial charge in [-0.15, -0.1) is 6.42 Å². The lowest BCUT2D eigenvalue weighted by Gasteiger charge is -2.25. The number of aliphatic hydroxyl groups excluding tert-OH is 1. The highest BCUT2D eigenvalue weighted by Gasteiger charge is 2.55. The number of aliphatic hydroxyl groups is 1. The van der Waals surface area contributed by atoms with E-state index < -0.39 is 61.7 Å². The molecular weight excluding hydrogens is 500 g/mol. The molecular formula is C22H25FN3O9P. The Kier molecular flexibility index (Phi) is 8.50. The Morgan fingerprint density at radius 1 is 1.39 bits per heavy atom. The third-order valence-corrected chi connectivity index (χ3v) is 6.85. The fraction of sp³-hybridized carbons (Fsp3) is 0.409. The third-order valence-electron chi connectivity index (χ3n) is 5.20. The first-order valence-electron chi connectivity index (χ1n) is 10.7. The van der Waals surface area contributed by atoms with Gasteiger partial charge in [-0.1, -0.05) is 24.1 Å². The highest BCUT2D eigenvalue weighted by molar-refractivity contribution is 7.52. The van der Waals surface area contributed by atoms with Gasteiger partial charge in [-0.05, 0) is 26.0 Å². The van der Waals surface area contributed by atoms with Gasteiger partial charge in [0.25, 0.3) is 5.56 Å². The molecule has 0 bridgehead atoms. The van der Waals surface area contributed by atoms with E-state index in [-0.39, 0.29) is 12.4 Å². The van der Waals surface area contributed by atoms with Crippen LogP contribution in [0.3, 0.4) is 0 Å². The zero-order chi connectivity index (χ0) is 26.5. The van der Waals surface area contributed by atoms with Gasteiger partial charge >= 0.3 is 19.4 Å². The molecule has 3 N–H and O–H groups in total. The number of H-pyrrole nitrogens is 1. The average Bonchev–Trinajstić information content (AvgIpc) is 3.05. The summed E-state index contributed by atoms with van der Waals surface area (Å²) < 4.78 is 50.9. The predicted molar refractivity (Wildman–Crippen MR) is 124 cm³/mol. The standard InChI is InChI=1S/C22H25FN3O9P/c1-4-12-32-19(29)14(2)25-36(31,35-15-8-6-5-7-9-15)33-13-16-18(28)22(3,23)20(34-16)26-11-10-17(27)24-21(26)30/h1,5-11,14,16,18,20,28H,12-13H2,2-3H3,(H,25,31)(H,24,27,30)/t14-,16+,18+,20+,22+,36?/m0/s1. The van der Waals surface area contributed by atoms with E-state index in [2.05, 4.69) is 11.0 Å². The van der Waals surface area contributed by atoms with Gasteiger partial charge in [0.15, 0.2) is 18.5 Å². The molecule has 1 aliphatic rings. The van der Waals surface area contributed by atoms with Crippen molar-refractivity contribution in [3.05, 3.63) is 63.4 Å². The van der Waals surface area contributed by atoms with Gasteiger partial charge in [-0.3, -0.25) is 23.7 Å². The molecule has 36 heavy (non-hydrogen) atoms. The van der Waals surface area contributed by atoms with Crippen molar-refractivity contribution in [1.29, 1.82) is 0 Å². The Morgan fingerprint density at radius 3 is 2.72 bits per heavy atom. The number of nitrogens with zero attached hydrogens (tertiary/aromatic N) is 1. The minimum atomic E-state index is -4.34. The Morgan fingerprint density at radius 2 is 2.08 bits per heavy atom. The smallest absolute Gasteiger partial charge is 0.451 e. The maximum absolute atomic E-state index is 15.4. The number of terminal acetylenes is 1. The molecule has 1 aromatic carbocycles. The summed E-state index contributed by atoms with van der Waals surface area (Å²) in [7, 11) is -4.34. The van der Waals surface area contributed by atoms with Crippen molar-refractivity contribution < 1.29 is 37.4 Å². The number of ether oxygens (including phenoxy) is 2. The van der Waals surface area contributed by atoms with Gasteiger partial charge in [0.2, 0.25) is 0 Å². The molecule has 1 aromatic heterocycles. The molecule has 194 valence electrons. The number of carbonyl (C=O) groups excluding carboxylic acids is 1. The number of hydrogen-bond donors (Lipinski definition) is 3. The Bertz CT molecular complexity index is 1270. The number of nitrogens with one attached hydrogen (secondary N) is 2. The average molecular weight is 525 g/mol. The van der Waals surface area contributed by atoms with E-state index in [0.717, 1.165) is 23.8 Å². The molecule has 0 aliphatic carbocycles. The van der Waals surface area contributed by atoms with Crippen molar-refractivity contribution in [2.24, 2.45) is 0 Å². The van der Waals surface area contributed by atoms with Crippen LogP contribution in [0.4, 0.5) is 4.39 Å². The number of halogens is 1. The van der Waals surface area contributed by atoms with E-state index in [1.165, 1.54) is 19.1 Å². The predicted octanol–water partition coefficient (Wildman–Crippen LogP) is 0.881. The minimum Gasteiger partial charge on any atom is -0.451 e. The van der Waals surface area contributed by atoms with Crippen molar-refractivity contribution in [1.82, 2.24) is 14.6 Å². The first kappa shape index (κ1) is 27.3. The van der Waals surface area contributed by atoms with Gasteiger partial charge in [0.1, 0.15) is 24.0 Å². The number of aromatic nitrogens is 2. The Balaban J connectivity index is 1.79. The van der Waals surface area contributed by atoms with Gasteiger partial charge in [0.05, 0.1) is 6.61 Å². The van der Waals surface area contributed by atoms with Crippen molar-refractivity contribution in [2.45, 2.75) is 44.0 Å². The molecule has 0 spiro atoms. The van der Waals surface area contributed by atoms with E-state index in [0.29, 0.717) is 0 Å². The van der Waals surface area contributed by atoms with E-state index in [1.54, 1.807) is 18.2 Å². The maximum atomic E-state index is 15.4. The zero-order valence-electron chi connectivity index (χ0n) is 19.3. The number of para-hydroxylation sites is 1. The molecule has 0 amide bonds. The highest BCUT2D eigenvalue weighted by Crippen LogP contribution is 2.47. The molecule has 0 saturated carbocycles. The van der Waals surface area contributed by atoms with Crippen LogP contribution in [-0.4, -0.2) is 57.8 Å². The summed E-state index contributed by atoms with van der Waals surface area (Å²) >= 11 is 0. The van der Waals surface area contributed by atoms with Crippen LogP contribution in [0.15, 0.2) is 52.2 Å². The SMILES string of the molecule is C#CCOC(=O)[C@H](C)NP(=O)(OC[C@H]1O[C@@H](n2ccc(=O)[nH]c2=O)[C@](C)(F)[C@@H]1O)Oc1ccccc1. The number of benzene rings is 1. The van der Waals surface area contributed by atoms with Crippen molar-refractivity contribution in [3.63, 3.8) is 0 Å². The minimum absolute atomic E-state index is 0.124. The zero-order valence-corrected chi connectivity index (χ0v) is 20.2. The number of esters is 1. The summed E-state index contributed by atoms with van der Waals surface area (Å²) in [5.74, 6) is 1.42.